The summed E-state index contributed by atoms with van der Waals surface area (Å²) >= 11 is 0. The molecule has 14 heavy (non-hydrogen) atoms. The predicted octanol–water partition coefficient (Wildman–Crippen LogP) is 0.887. The van der Waals surface area contributed by atoms with Gasteiger partial charge in [-0.25, -0.2) is 8.42 Å². The average molecular weight is 227 g/mol. The zero-order chi connectivity index (χ0) is 10.5. The van der Waals surface area contributed by atoms with E-state index in [9.17, 15) is 0 Å². The molecule has 0 saturated carbocycles. The van der Waals surface area contributed by atoms with Crippen LogP contribution in [0.1, 0.15) is 27.2 Å². The standard InChI is InChI=1S/C7H16N.CH4.H2O4S/c1-3-8(2)6-4-5-7-8;;1-5(2,3)4/h3-7H2,1-2H3;1H4;(H2,1,2,3,4)/q+1;;/p-1. The first-order chi connectivity index (χ1) is 5.77. The third kappa shape index (κ3) is 9.91. The summed E-state index contributed by atoms with van der Waals surface area (Å²) in [5, 5.41) is 0. The molecule has 1 N–H and O–H groups in total. The Bertz CT molecular complexity index is 224. The van der Waals surface area contributed by atoms with Gasteiger partial charge in [0.1, 0.15) is 0 Å². The van der Waals surface area contributed by atoms with Gasteiger partial charge < -0.3 is 9.04 Å². The van der Waals surface area contributed by atoms with Crippen molar-refractivity contribution in [3.63, 3.8) is 0 Å². The van der Waals surface area contributed by atoms with E-state index in [0.29, 0.717) is 0 Å². The fourth-order valence-corrected chi connectivity index (χ4v) is 1.42. The van der Waals surface area contributed by atoms with Gasteiger partial charge in [0.05, 0.1) is 26.7 Å². The Kier molecular flexibility index (Phi) is 7.37. The molecule has 0 aromatic heterocycles. The molecule has 6 heteroatoms. The Morgan fingerprint density at radius 1 is 1.36 bits per heavy atom. The normalized spacial score (nSPS) is 19.1. The van der Waals surface area contributed by atoms with Crippen LogP contribution in [0, 0.1) is 0 Å². The van der Waals surface area contributed by atoms with E-state index in [0.717, 1.165) is 0 Å². The largest absolute Gasteiger partial charge is 0.726 e. The molecule has 1 heterocycles. The summed E-state index contributed by atoms with van der Waals surface area (Å²) in [7, 11) is -2.56. The van der Waals surface area contributed by atoms with Crippen LogP contribution in [0.4, 0.5) is 0 Å². The van der Waals surface area contributed by atoms with E-state index in [4.69, 9.17) is 17.5 Å². The van der Waals surface area contributed by atoms with Gasteiger partial charge in [0.25, 0.3) is 0 Å². The van der Waals surface area contributed by atoms with Gasteiger partial charge in [-0.2, -0.15) is 0 Å². The Hall–Kier alpha value is -0.170. The van der Waals surface area contributed by atoms with Gasteiger partial charge >= 0.3 is 0 Å². The van der Waals surface area contributed by atoms with Crippen molar-refractivity contribution in [1.82, 2.24) is 0 Å². The van der Waals surface area contributed by atoms with Crippen LogP contribution in [-0.2, 0) is 10.4 Å². The van der Waals surface area contributed by atoms with Gasteiger partial charge in [-0.1, -0.05) is 7.43 Å². The molecular formula is C8H21NO4S. The van der Waals surface area contributed by atoms with Crippen molar-refractivity contribution in [2.75, 3.05) is 26.7 Å². The molecule has 1 saturated heterocycles. The van der Waals surface area contributed by atoms with Crippen molar-refractivity contribution in [2.45, 2.75) is 27.2 Å². The maximum Gasteiger partial charge on any atom is 0.215 e. The SMILES string of the molecule is C.CC[N+]1(C)CCCC1.O=S(=O)([O-])O. The second-order valence-corrected chi connectivity index (χ2v) is 4.37. The summed E-state index contributed by atoms with van der Waals surface area (Å²) in [6.45, 7) is 6.43. The van der Waals surface area contributed by atoms with Crippen LogP contribution in [0.2, 0.25) is 0 Å². The zero-order valence-electron chi connectivity index (χ0n) is 8.06. The molecule has 1 rings (SSSR count). The molecule has 0 spiro atoms. The van der Waals surface area contributed by atoms with Crippen LogP contribution < -0.4 is 0 Å². The topological polar surface area (TPSA) is 77.4 Å². The molecule has 0 bridgehead atoms. The van der Waals surface area contributed by atoms with E-state index < -0.39 is 10.4 Å². The molecule has 0 atom stereocenters. The van der Waals surface area contributed by atoms with Gasteiger partial charge in [-0.3, -0.25) is 4.55 Å². The lowest BCUT2D eigenvalue weighted by Gasteiger charge is -2.26. The van der Waals surface area contributed by atoms with E-state index >= 15 is 0 Å². The van der Waals surface area contributed by atoms with Crippen molar-refractivity contribution in [3.05, 3.63) is 0 Å². The maximum absolute atomic E-state index is 8.63. The van der Waals surface area contributed by atoms with Crippen molar-refractivity contribution in [1.29, 1.82) is 0 Å². The van der Waals surface area contributed by atoms with E-state index in [2.05, 4.69) is 14.0 Å². The summed E-state index contributed by atoms with van der Waals surface area (Å²) in [5.74, 6) is 0. The number of likely N-dealkylation sites (tertiary alicyclic amines) is 1. The molecule has 88 valence electrons. The van der Waals surface area contributed by atoms with Crippen LogP contribution >= 0.6 is 0 Å². The average Bonchev–Trinajstić information content (AvgIpc) is 2.34. The van der Waals surface area contributed by atoms with Gasteiger partial charge in [-0.05, 0) is 6.92 Å². The third-order valence-electron chi connectivity index (χ3n) is 2.41. The Balaban J connectivity index is 0. The predicted molar refractivity (Wildman–Crippen MR) is 54.8 cm³/mol. The molecule has 0 aliphatic carbocycles. The summed E-state index contributed by atoms with van der Waals surface area (Å²) in [6.07, 6.45) is 2.90. The lowest BCUT2D eigenvalue weighted by atomic mass is 10.4. The molecule has 1 aliphatic heterocycles. The molecular weight excluding hydrogens is 206 g/mol. The lowest BCUT2D eigenvalue weighted by Crippen LogP contribution is -2.40. The Labute approximate surface area is 86.9 Å². The highest BCUT2D eigenvalue weighted by molar-refractivity contribution is 7.79. The second kappa shape index (κ2) is 6.34. The Morgan fingerprint density at radius 2 is 1.64 bits per heavy atom. The zero-order valence-corrected chi connectivity index (χ0v) is 8.88. The van der Waals surface area contributed by atoms with Crippen LogP contribution in [0.15, 0.2) is 0 Å². The fourth-order valence-electron chi connectivity index (χ4n) is 1.42. The minimum Gasteiger partial charge on any atom is -0.726 e. The number of nitrogens with zero attached hydrogens (tertiary/aromatic N) is 1. The smallest absolute Gasteiger partial charge is 0.215 e. The van der Waals surface area contributed by atoms with Crippen LogP contribution in [-0.4, -0.2) is 48.7 Å². The minimum atomic E-state index is -4.92. The fraction of sp³-hybridized carbons (Fsp3) is 1.00. The molecule has 0 unspecified atom stereocenters. The van der Waals surface area contributed by atoms with E-state index in [1.165, 1.54) is 37.0 Å². The Morgan fingerprint density at radius 3 is 1.79 bits per heavy atom. The first kappa shape index (κ1) is 16.3. The minimum absolute atomic E-state index is 0. The second-order valence-electron chi connectivity index (χ2n) is 3.52. The first-order valence-electron chi connectivity index (χ1n) is 4.29. The highest BCUT2D eigenvalue weighted by atomic mass is 32.3. The van der Waals surface area contributed by atoms with Crippen molar-refractivity contribution in [3.8, 4) is 0 Å². The summed E-state index contributed by atoms with van der Waals surface area (Å²) in [5.41, 5.74) is 0. The van der Waals surface area contributed by atoms with E-state index in [1.807, 2.05) is 0 Å². The molecule has 1 aliphatic rings. The highest BCUT2D eigenvalue weighted by Crippen LogP contribution is 2.14. The number of rotatable bonds is 1. The van der Waals surface area contributed by atoms with Crippen LogP contribution in [0.5, 0.6) is 0 Å². The van der Waals surface area contributed by atoms with Crippen molar-refractivity contribution < 1.29 is 22.0 Å². The van der Waals surface area contributed by atoms with Crippen LogP contribution in [0.25, 0.3) is 0 Å². The van der Waals surface area contributed by atoms with Crippen molar-refractivity contribution >= 4 is 10.4 Å². The summed E-state index contributed by atoms with van der Waals surface area (Å²) in [6, 6.07) is 0. The van der Waals surface area contributed by atoms with Gasteiger partial charge in [-0.15, -0.1) is 0 Å². The van der Waals surface area contributed by atoms with Gasteiger partial charge in [0.2, 0.25) is 10.4 Å². The lowest BCUT2D eigenvalue weighted by molar-refractivity contribution is -0.895. The van der Waals surface area contributed by atoms with Crippen molar-refractivity contribution in [2.24, 2.45) is 0 Å². The first-order valence-corrected chi connectivity index (χ1v) is 5.65. The number of hydrogen-bond donors (Lipinski definition) is 1. The third-order valence-corrected chi connectivity index (χ3v) is 2.41. The number of hydrogen-bond acceptors (Lipinski definition) is 3. The van der Waals surface area contributed by atoms with Gasteiger partial charge in [0, 0.05) is 12.8 Å². The monoisotopic (exact) mass is 227 g/mol. The van der Waals surface area contributed by atoms with Crippen LogP contribution in [0.3, 0.4) is 0 Å². The molecule has 1 fully saturated rings. The highest BCUT2D eigenvalue weighted by Gasteiger charge is 2.23. The van der Waals surface area contributed by atoms with Gasteiger partial charge in [0.15, 0.2) is 0 Å². The molecule has 5 nitrogen and oxygen atoms in total. The quantitative estimate of drug-likeness (QED) is 0.410. The molecule has 0 amide bonds. The number of quaternary nitrogens is 1. The molecule has 0 radical (unpaired) electrons. The summed E-state index contributed by atoms with van der Waals surface area (Å²) < 4.78 is 34.2. The van der Waals surface area contributed by atoms with E-state index in [1.54, 1.807) is 0 Å². The maximum atomic E-state index is 8.63. The van der Waals surface area contributed by atoms with E-state index in [-0.39, 0.29) is 7.43 Å². The molecule has 0 aromatic carbocycles. The summed E-state index contributed by atoms with van der Waals surface area (Å²) in [4.78, 5) is 0. The molecule has 0 aromatic rings.